The topological polar surface area (TPSA) is 61.9 Å². The van der Waals surface area contributed by atoms with E-state index in [-0.39, 0.29) is 5.91 Å². The second kappa shape index (κ2) is 8.19. The van der Waals surface area contributed by atoms with Gasteiger partial charge in [-0.25, -0.2) is 4.98 Å². The SMILES string of the molecule is Cc1ccc(CN(C)C(=O)CSc2n[nH]c(-c3ccc(C)cc3)n2)cc1. The number of hydrogen-bond donors (Lipinski definition) is 1. The first-order valence-electron chi connectivity index (χ1n) is 8.43. The number of aryl methyl sites for hydroxylation is 2. The molecule has 0 saturated heterocycles. The molecule has 3 rings (SSSR count). The number of H-pyrrole nitrogens is 1. The van der Waals surface area contributed by atoms with Crippen molar-refractivity contribution in [2.75, 3.05) is 12.8 Å². The fourth-order valence-electron chi connectivity index (χ4n) is 2.44. The third-order valence-electron chi connectivity index (χ3n) is 4.08. The van der Waals surface area contributed by atoms with Gasteiger partial charge in [-0.2, -0.15) is 0 Å². The number of hydrogen-bond acceptors (Lipinski definition) is 4. The van der Waals surface area contributed by atoms with Crippen molar-refractivity contribution in [2.45, 2.75) is 25.5 Å². The van der Waals surface area contributed by atoms with Crippen molar-refractivity contribution in [3.05, 3.63) is 65.2 Å². The Morgan fingerprint density at radius 2 is 1.65 bits per heavy atom. The highest BCUT2D eigenvalue weighted by atomic mass is 32.2. The molecule has 0 aliphatic carbocycles. The molecule has 0 saturated carbocycles. The van der Waals surface area contributed by atoms with Crippen LogP contribution in [-0.2, 0) is 11.3 Å². The van der Waals surface area contributed by atoms with E-state index in [0.29, 0.717) is 23.3 Å². The summed E-state index contributed by atoms with van der Waals surface area (Å²) in [5, 5.41) is 7.71. The number of amides is 1. The Hall–Kier alpha value is -2.60. The Bertz CT molecular complexity index is 872. The van der Waals surface area contributed by atoms with Gasteiger partial charge in [-0.3, -0.25) is 9.89 Å². The van der Waals surface area contributed by atoms with Crippen molar-refractivity contribution < 1.29 is 4.79 Å². The summed E-state index contributed by atoms with van der Waals surface area (Å²) in [6, 6.07) is 16.3. The summed E-state index contributed by atoms with van der Waals surface area (Å²) in [5.41, 5.74) is 4.52. The first-order chi connectivity index (χ1) is 12.5. The van der Waals surface area contributed by atoms with Crippen LogP contribution in [0.5, 0.6) is 0 Å². The highest BCUT2D eigenvalue weighted by Gasteiger charge is 2.12. The molecule has 0 radical (unpaired) electrons. The molecule has 1 amide bonds. The van der Waals surface area contributed by atoms with Crippen LogP contribution in [0.2, 0.25) is 0 Å². The average Bonchev–Trinajstić information content (AvgIpc) is 3.11. The maximum Gasteiger partial charge on any atom is 0.233 e. The molecule has 1 N–H and O–H groups in total. The van der Waals surface area contributed by atoms with Crippen LogP contribution in [0.25, 0.3) is 11.4 Å². The lowest BCUT2D eigenvalue weighted by molar-refractivity contribution is -0.127. The predicted molar refractivity (Wildman–Crippen MR) is 105 cm³/mol. The Balaban J connectivity index is 1.54. The highest BCUT2D eigenvalue weighted by molar-refractivity contribution is 7.99. The molecule has 1 aromatic heterocycles. The minimum Gasteiger partial charge on any atom is -0.341 e. The zero-order valence-corrected chi connectivity index (χ0v) is 16.0. The third-order valence-corrected chi connectivity index (χ3v) is 4.91. The lowest BCUT2D eigenvalue weighted by Crippen LogP contribution is -2.27. The van der Waals surface area contributed by atoms with Gasteiger partial charge in [-0.05, 0) is 19.4 Å². The monoisotopic (exact) mass is 366 g/mol. The van der Waals surface area contributed by atoms with E-state index in [2.05, 4.69) is 46.4 Å². The van der Waals surface area contributed by atoms with E-state index < -0.39 is 0 Å². The Labute approximate surface area is 157 Å². The van der Waals surface area contributed by atoms with E-state index in [1.807, 2.05) is 38.2 Å². The van der Waals surface area contributed by atoms with Crippen LogP contribution in [0, 0.1) is 13.8 Å². The summed E-state index contributed by atoms with van der Waals surface area (Å²) in [4.78, 5) is 18.5. The van der Waals surface area contributed by atoms with E-state index in [1.54, 1.807) is 4.90 Å². The van der Waals surface area contributed by atoms with Crippen LogP contribution >= 0.6 is 11.8 Å². The molecule has 2 aromatic carbocycles. The van der Waals surface area contributed by atoms with Gasteiger partial charge < -0.3 is 4.90 Å². The molecule has 1 heterocycles. The van der Waals surface area contributed by atoms with Crippen LogP contribution < -0.4 is 0 Å². The Morgan fingerprint density at radius 3 is 2.31 bits per heavy atom. The predicted octanol–water partition coefficient (Wildman–Crippen LogP) is 3.84. The number of nitrogens with one attached hydrogen (secondary N) is 1. The molecule has 0 aliphatic heterocycles. The van der Waals surface area contributed by atoms with E-state index in [9.17, 15) is 4.79 Å². The summed E-state index contributed by atoms with van der Waals surface area (Å²) in [5.74, 6) is 1.08. The smallest absolute Gasteiger partial charge is 0.233 e. The van der Waals surface area contributed by atoms with Gasteiger partial charge >= 0.3 is 0 Å². The fraction of sp³-hybridized carbons (Fsp3) is 0.250. The van der Waals surface area contributed by atoms with Gasteiger partial charge in [0, 0.05) is 19.2 Å². The number of carbonyl (C=O) groups is 1. The zero-order chi connectivity index (χ0) is 18.5. The lowest BCUT2D eigenvalue weighted by Gasteiger charge is -2.16. The zero-order valence-electron chi connectivity index (χ0n) is 15.2. The van der Waals surface area contributed by atoms with Gasteiger partial charge in [-0.1, -0.05) is 71.4 Å². The molecule has 0 spiro atoms. The number of nitrogens with zero attached hydrogens (tertiary/aromatic N) is 3. The summed E-state index contributed by atoms with van der Waals surface area (Å²) in [6.45, 7) is 4.70. The van der Waals surface area contributed by atoms with Gasteiger partial charge in [0.25, 0.3) is 0 Å². The minimum atomic E-state index is 0.0530. The van der Waals surface area contributed by atoms with Gasteiger partial charge in [0.05, 0.1) is 5.75 Å². The van der Waals surface area contributed by atoms with Gasteiger partial charge in [0.15, 0.2) is 5.82 Å². The molecule has 5 nitrogen and oxygen atoms in total. The van der Waals surface area contributed by atoms with Crippen LogP contribution in [0.1, 0.15) is 16.7 Å². The first kappa shape index (κ1) is 18.2. The lowest BCUT2D eigenvalue weighted by atomic mass is 10.1. The molecule has 0 bridgehead atoms. The molecule has 6 heteroatoms. The van der Waals surface area contributed by atoms with Crippen molar-refractivity contribution in [2.24, 2.45) is 0 Å². The summed E-state index contributed by atoms with van der Waals surface area (Å²) in [6.07, 6.45) is 0. The van der Waals surface area contributed by atoms with E-state index in [0.717, 1.165) is 11.1 Å². The van der Waals surface area contributed by atoms with Gasteiger partial charge in [-0.15, -0.1) is 5.10 Å². The molecular formula is C20H22N4OS. The second-order valence-corrected chi connectivity index (χ2v) is 7.30. The Morgan fingerprint density at radius 1 is 1.04 bits per heavy atom. The summed E-state index contributed by atoms with van der Waals surface area (Å²) in [7, 11) is 1.82. The van der Waals surface area contributed by atoms with E-state index >= 15 is 0 Å². The van der Waals surface area contributed by atoms with Crippen molar-refractivity contribution in [3.8, 4) is 11.4 Å². The van der Waals surface area contributed by atoms with Crippen LogP contribution in [-0.4, -0.2) is 38.8 Å². The van der Waals surface area contributed by atoms with Crippen LogP contribution in [0.15, 0.2) is 53.7 Å². The molecule has 0 fully saturated rings. The summed E-state index contributed by atoms with van der Waals surface area (Å²) >= 11 is 1.34. The van der Waals surface area contributed by atoms with Crippen molar-refractivity contribution >= 4 is 17.7 Å². The minimum absolute atomic E-state index is 0.0530. The van der Waals surface area contributed by atoms with E-state index in [4.69, 9.17) is 0 Å². The number of thioether (sulfide) groups is 1. The number of rotatable bonds is 6. The fourth-order valence-corrected chi connectivity index (χ4v) is 3.18. The molecule has 134 valence electrons. The van der Waals surface area contributed by atoms with Crippen LogP contribution in [0.3, 0.4) is 0 Å². The third kappa shape index (κ3) is 4.73. The molecule has 0 atom stereocenters. The summed E-state index contributed by atoms with van der Waals surface area (Å²) < 4.78 is 0. The maximum atomic E-state index is 12.3. The average molecular weight is 366 g/mol. The molecule has 3 aromatic rings. The molecule has 26 heavy (non-hydrogen) atoms. The number of benzene rings is 2. The number of aromatic nitrogens is 3. The standard InChI is InChI=1S/C20H22N4OS/c1-14-4-8-16(9-5-14)12-24(3)18(25)13-26-20-21-19(22-23-20)17-10-6-15(2)7-11-17/h4-11H,12-13H2,1-3H3,(H,21,22,23). The van der Waals surface area contributed by atoms with Gasteiger partial charge in [0.2, 0.25) is 11.1 Å². The largest absolute Gasteiger partial charge is 0.341 e. The van der Waals surface area contributed by atoms with E-state index in [1.165, 1.54) is 22.9 Å². The Kier molecular flexibility index (Phi) is 5.73. The van der Waals surface area contributed by atoms with Crippen LogP contribution in [0.4, 0.5) is 0 Å². The number of aromatic amines is 1. The normalized spacial score (nSPS) is 10.7. The quantitative estimate of drug-likeness (QED) is 0.673. The number of carbonyl (C=O) groups excluding carboxylic acids is 1. The second-order valence-electron chi connectivity index (χ2n) is 6.36. The molecule has 0 aliphatic rings. The van der Waals surface area contributed by atoms with Crippen molar-refractivity contribution in [1.82, 2.24) is 20.1 Å². The first-order valence-corrected chi connectivity index (χ1v) is 9.41. The maximum absolute atomic E-state index is 12.3. The molecule has 0 unspecified atom stereocenters. The van der Waals surface area contributed by atoms with Crippen molar-refractivity contribution in [3.63, 3.8) is 0 Å². The van der Waals surface area contributed by atoms with Crippen molar-refractivity contribution in [1.29, 1.82) is 0 Å². The highest BCUT2D eigenvalue weighted by Crippen LogP contribution is 2.20. The van der Waals surface area contributed by atoms with Gasteiger partial charge in [0.1, 0.15) is 0 Å². The molecular weight excluding hydrogens is 344 g/mol.